The molecule has 1 aromatic rings. The average molecular weight is 679 g/mol. The lowest BCUT2D eigenvalue weighted by molar-refractivity contribution is -0.193. The predicted molar refractivity (Wildman–Crippen MR) is 185 cm³/mol. The molecule has 12 heteroatoms. The number of ether oxygens (including phenoxy) is 1. The van der Waals surface area contributed by atoms with E-state index < -0.39 is 59.5 Å². The van der Waals surface area contributed by atoms with Crippen molar-refractivity contribution in [2.45, 2.75) is 122 Å². The number of rotatable bonds is 9. The molecule has 0 unspecified atom stereocenters. The quantitative estimate of drug-likeness (QED) is 0.167. The lowest BCUT2D eigenvalue weighted by Crippen LogP contribution is -2.59. The van der Waals surface area contributed by atoms with Gasteiger partial charge in [-0.25, -0.2) is 0 Å². The van der Waals surface area contributed by atoms with Crippen LogP contribution in [0.15, 0.2) is 30.3 Å². The van der Waals surface area contributed by atoms with Crippen molar-refractivity contribution in [3.05, 3.63) is 35.9 Å². The van der Waals surface area contributed by atoms with E-state index in [1.165, 1.54) is 20.8 Å². The lowest BCUT2D eigenvalue weighted by atomic mass is 9.78. The third-order valence-electron chi connectivity index (χ3n) is 9.72. The minimum Gasteiger partial charge on any atom is -0.459 e. The summed E-state index contributed by atoms with van der Waals surface area (Å²) in [4.78, 5) is 17.1. The molecule has 6 N–H and O–H groups in total. The molecular weight excluding hydrogens is 620 g/mol. The van der Waals surface area contributed by atoms with E-state index in [4.69, 9.17) is 17.0 Å². The number of aliphatic hydroxyl groups excluding tert-OH is 3. The summed E-state index contributed by atoms with van der Waals surface area (Å²) in [7, 11) is 0. The Balaban J connectivity index is 2.33. The molecule has 2 rings (SSSR count). The number of hydrogen-bond acceptors (Lipinski definition) is 10. The van der Waals surface area contributed by atoms with Gasteiger partial charge in [-0.3, -0.25) is 9.69 Å². The topological polar surface area (TPSA) is 170 Å². The van der Waals surface area contributed by atoms with Crippen molar-refractivity contribution >= 4 is 23.3 Å². The van der Waals surface area contributed by atoms with Crippen molar-refractivity contribution < 1.29 is 35.1 Å². The molecule has 0 amide bonds. The SMILES string of the molecule is CC[C@H]1OC(=O)[C@H](C)[C@@H](O)[C@H](C)[C@@H](O)[C@](C)(O)C[C@@H](C)CN(CCCN(CCC#N)C(=S)NCc2ccccc2)[C@H](C)[C@@H](O)[C@]1(C)O. The molecule has 266 valence electrons. The van der Waals surface area contributed by atoms with Gasteiger partial charge in [0.25, 0.3) is 0 Å². The maximum absolute atomic E-state index is 13.1. The molecule has 1 heterocycles. The maximum Gasteiger partial charge on any atom is 0.311 e. The Hall–Kier alpha value is -2.37. The number of esters is 1. The Morgan fingerprint density at radius 3 is 2.34 bits per heavy atom. The van der Waals surface area contributed by atoms with Crippen molar-refractivity contribution in [1.82, 2.24) is 15.1 Å². The van der Waals surface area contributed by atoms with E-state index >= 15 is 0 Å². The van der Waals surface area contributed by atoms with Gasteiger partial charge < -0.3 is 40.5 Å². The summed E-state index contributed by atoms with van der Waals surface area (Å²) in [6.07, 6.45) is -3.74. The number of benzene rings is 1. The molecule has 11 nitrogen and oxygen atoms in total. The highest BCUT2D eigenvalue weighted by molar-refractivity contribution is 7.80. The van der Waals surface area contributed by atoms with Crippen LogP contribution in [0.2, 0.25) is 0 Å². The Kier molecular flexibility index (Phi) is 16.0. The number of nitriles is 1. The Labute approximate surface area is 286 Å². The highest BCUT2D eigenvalue weighted by Gasteiger charge is 2.47. The monoisotopic (exact) mass is 678 g/mol. The first-order chi connectivity index (χ1) is 22.0. The zero-order valence-electron chi connectivity index (χ0n) is 29.2. The number of hydrogen-bond donors (Lipinski definition) is 6. The van der Waals surface area contributed by atoms with Gasteiger partial charge in [0, 0.05) is 44.7 Å². The van der Waals surface area contributed by atoms with Crippen molar-refractivity contribution in [2.24, 2.45) is 17.8 Å². The molecule has 1 aliphatic rings. The first-order valence-corrected chi connectivity index (χ1v) is 17.3. The van der Waals surface area contributed by atoms with Crippen molar-refractivity contribution in [2.75, 3.05) is 26.2 Å². The molecule has 1 fully saturated rings. The number of aliphatic hydroxyl groups is 5. The minimum atomic E-state index is -1.82. The fraction of sp³-hybridized carbons (Fsp3) is 0.743. The summed E-state index contributed by atoms with van der Waals surface area (Å²) in [6, 6.07) is 11.5. The Morgan fingerprint density at radius 1 is 1.11 bits per heavy atom. The summed E-state index contributed by atoms with van der Waals surface area (Å²) < 4.78 is 5.69. The molecule has 1 aromatic carbocycles. The highest BCUT2D eigenvalue weighted by atomic mass is 32.1. The zero-order chi connectivity index (χ0) is 35.5. The minimum absolute atomic E-state index is 0.172. The fourth-order valence-electron chi connectivity index (χ4n) is 6.69. The van der Waals surface area contributed by atoms with Gasteiger partial charge in [0.15, 0.2) is 5.11 Å². The van der Waals surface area contributed by atoms with E-state index in [0.717, 1.165) is 5.56 Å². The summed E-state index contributed by atoms with van der Waals surface area (Å²) in [5.74, 6) is -2.84. The van der Waals surface area contributed by atoms with Gasteiger partial charge >= 0.3 is 5.97 Å². The molecule has 0 bridgehead atoms. The molecule has 0 radical (unpaired) electrons. The van der Waals surface area contributed by atoms with Gasteiger partial charge in [-0.05, 0) is 70.7 Å². The molecule has 10 atom stereocenters. The second-order valence-electron chi connectivity index (χ2n) is 13.9. The summed E-state index contributed by atoms with van der Waals surface area (Å²) in [5.41, 5.74) is -2.33. The molecule has 0 aliphatic carbocycles. The van der Waals surface area contributed by atoms with E-state index in [2.05, 4.69) is 11.4 Å². The van der Waals surface area contributed by atoms with Crippen molar-refractivity contribution in [1.29, 1.82) is 5.26 Å². The van der Waals surface area contributed by atoms with Crippen molar-refractivity contribution in [3.8, 4) is 6.07 Å². The van der Waals surface area contributed by atoms with Crippen LogP contribution >= 0.6 is 12.2 Å². The average Bonchev–Trinajstić information content (AvgIpc) is 3.04. The van der Waals surface area contributed by atoms with E-state index in [0.29, 0.717) is 50.7 Å². The van der Waals surface area contributed by atoms with Crippen LogP contribution in [0.5, 0.6) is 0 Å². The number of thiocarbonyl (C=S) groups is 1. The van der Waals surface area contributed by atoms with Gasteiger partial charge in [-0.1, -0.05) is 51.1 Å². The van der Waals surface area contributed by atoms with Gasteiger partial charge in [0.05, 0.1) is 36.2 Å². The highest BCUT2D eigenvalue weighted by Crippen LogP contribution is 2.32. The second-order valence-corrected chi connectivity index (χ2v) is 14.3. The third-order valence-corrected chi connectivity index (χ3v) is 10.1. The van der Waals surface area contributed by atoms with Crippen LogP contribution < -0.4 is 5.32 Å². The summed E-state index contributed by atoms with van der Waals surface area (Å²) in [5, 5.41) is 69.8. The standard InChI is InChI=1S/C35H58N4O7S/c1-8-28-35(7,45)31(42)26(5)39(19-13-18-38(17-12-16-36)33(47)37-21-27-14-10-9-11-15-27)22-23(2)20-34(6,44)30(41)24(3)29(40)25(4)32(43)46-28/h9-11,14-15,23-26,28-31,40-42,44-45H,8,12-13,17-22H2,1-7H3,(H,37,47)/t23-,24+,25-,26-,28-,29+,30-,31-,34-,35-/m1/s1. The largest absolute Gasteiger partial charge is 0.459 e. The number of carbonyl (C=O) groups is 1. The molecule has 1 saturated heterocycles. The second kappa shape index (κ2) is 18.4. The van der Waals surface area contributed by atoms with Crippen LogP contribution in [0, 0.1) is 29.1 Å². The number of nitrogens with zero attached hydrogens (tertiary/aromatic N) is 3. The summed E-state index contributed by atoms with van der Waals surface area (Å²) >= 11 is 5.69. The van der Waals surface area contributed by atoms with Crippen LogP contribution in [-0.4, -0.2) is 114 Å². The van der Waals surface area contributed by atoms with E-state index in [1.807, 2.05) is 47.1 Å². The van der Waals surface area contributed by atoms with Gasteiger partial charge in [-0.15, -0.1) is 0 Å². The molecule has 0 saturated carbocycles. The van der Waals surface area contributed by atoms with Gasteiger partial charge in [0.1, 0.15) is 17.8 Å². The number of cyclic esters (lactones) is 1. The normalized spacial score (nSPS) is 34.7. The van der Waals surface area contributed by atoms with Gasteiger partial charge in [0.2, 0.25) is 0 Å². The zero-order valence-corrected chi connectivity index (χ0v) is 30.0. The number of nitrogens with one attached hydrogen (secondary N) is 1. The van der Waals surface area contributed by atoms with Gasteiger partial charge in [-0.2, -0.15) is 5.26 Å². The van der Waals surface area contributed by atoms with Crippen LogP contribution in [0.3, 0.4) is 0 Å². The number of carbonyl (C=O) groups excluding carboxylic acids is 1. The molecule has 0 aromatic heterocycles. The molecule has 47 heavy (non-hydrogen) atoms. The maximum atomic E-state index is 13.1. The lowest BCUT2D eigenvalue weighted by Gasteiger charge is -2.43. The Morgan fingerprint density at radius 2 is 1.74 bits per heavy atom. The van der Waals surface area contributed by atoms with E-state index in [1.54, 1.807) is 20.8 Å². The fourth-order valence-corrected chi connectivity index (χ4v) is 6.95. The third kappa shape index (κ3) is 11.3. The first-order valence-electron chi connectivity index (χ1n) is 16.8. The van der Waals surface area contributed by atoms with Crippen LogP contribution in [0.1, 0.15) is 79.7 Å². The smallest absolute Gasteiger partial charge is 0.311 e. The first kappa shape index (κ1) is 40.8. The Bertz CT molecular complexity index is 1160. The van der Waals surface area contributed by atoms with Crippen LogP contribution in [-0.2, 0) is 16.1 Å². The molecule has 0 spiro atoms. The molecule has 1 aliphatic heterocycles. The summed E-state index contributed by atoms with van der Waals surface area (Å²) in [6.45, 7) is 14.0. The van der Waals surface area contributed by atoms with Crippen LogP contribution in [0.4, 0.5) is 0 Å². The van der Waals surface area contributed by atoms with E-state index in [9.17, 15) is 35.6 Å². The van der Waals surface area contributed by atoms with Crippen LogP contribution in [0.25, 0.3) is 0 Å². The predicted octanol–water partition coefficient (Wildman–Crippen LogP) is 2.58. The molecular formula is C35H58N4O7S. The van der Waals surface area contributed by atoms with E-state index in [-0.39, 0.29) is 18.8 Å². The van der Waals surface area contributed by atoms with Crippen molar-refractivity contribution in [3.63, 3.8) is 0 Å².